The van der Waals surface area contributed by atoms with E-state index in [1.165, 1.54) is 0 Å². The minimum atomic E-state index is -0.454. The molecule has 1 saturated heterocycles. The molecule has 7 heteroatoms. The molecule has 1 aliphatic heterocycles. The minimum Gasteiger partial charge on any atom is -0.325 e. The summed E-state index contributed by atoms with van der Waals surface area (Å²) in [4.78, 5) is 39.2. The summed E-state index contributed by atoms with van der Waals surface area (Å²) in [6, 6.07) is 17.6. The number of aromatic nitrogens is 1. The molecule has 0 spiro atoms. The number of carbonyl (C=O) groups excluding carboxylic acids is 3. The number of aryl methyl sites for hydroxylation is 3. The standard InChI is InChI=1S/C26H25N3O3S/c1-16-10-17(2)12-21(11-16)27-24(30)15-28-25(31)23(33-26(28)32)14-20-13-18(3)29(19(20)4)22-8-6-5-7-9-22/h5-14H,15H2,1-4H3,(H,27,30)/b23-14+. The Morgan fingerprint density at radius 2 is 1.64 bits per heavy atom. The van der Waals surface area contributed by atoms with Crippen LogP contribution in [0.2, 0.25) is 0 Å². The van der Waals surface area contributed by atoms with E-state index in [0.717, 1.165) is 50.4 Å². The van der Waals surface area contributed by atoms with Crippen LogP contribution in [-0.4, -0.2) is 33.1 Å². The fourth-order valence-electron chi connectivity index (χ4n) is 4.08. The lowest BCUT2D eigenvalue weighted by molar-refractivity contribution is -0.127. The normalized spacial score (nSPS) is 14.9. The van der Waals surface area contributed by atoms with Crippen LogP contribution >= 0.6 is 11.8 Å². The molecule has 0 bridgehead atoms. The summed E-state index contributed by atoms with van der Waals surface area (Å²) in [6.45, 7) is 7.54. The van der Waals surface area contributed by atoms with Crippen LogP contribution in [0, 0.1) is 27.7 Å². The first-order valence-corrected chi connectivity index (χ1v) is 11.4. The first-order chi connectivity index (χ1) is 15.7. The Morgan fingerprint density at radius 3 is 2.30 bits per heavy atom. The predicted octanol–water partition coefficient (Wildman–Crippen LogP) is 5.39. The smallest absolute Gasteiger partial charge is 0.294 e. The zero-order chi connectivity index (χ0) is 23.7. The van der Waals surface area contributed by atoms with E-state index in [2.05, 4.69) is 9.88 Å². The number of benzene rings is 2. The number of hydrogen-bond acceptors (Lipinski definition) is 4. The Balaban J connectivity index is 1.52. The maximum absolute atomic E-state index is 12.9. The van der Waals surface area contributed by atoms with Gasteiger partial charge in [-0.1, -0.05) is 24.3 Å². The summed E-state index contributed by atoms with van der Waals surface area (Å²) < 4.78 is 2.10. The lowest BCUT2D eigenvalue weighted by Crippen LogP contribution is -2.36. The van der Waals surface area contributed by atoms with E-state index in [-0.39, 0.29) is 6.54 Å². The van der Waals surface area contributed by atoms with E-state index >= 15 is 0 Å². The van der Waals surface area contributed by atoms with Gasteiger partial charge in [0.2, 0.25) is 5.91 Å². The van der Waals surface area contributed by atoms with Gasteiger partial charge in [-0.15, -0.1) is 0 Å². The molecule has 2 heterocycles. The Kier molecular flexibility index (Phi) is 6.24. The van der Waals surface area contributed by atoms with Gasteiger partial charge in [-0.05, 0) is 92.6 Å². The van der Waals surface area contributed by atoms with E-state index in [4.69, 9.17) is 0 Å². The number of nitrogens with one attached hydrogen (secondary N) is 1. The first kappa shape index (κ1) is 22.6. The Hall–Kier alpha value is -3.58. The van der Waals surface area contributed by atoms with E-state index in [0.29, 0.717) is 10.6 Å². The maximum Gasteiger partial charge on any atom is 0.294 e. The molecule has 3 amide bonds. The van der Waals surface area contributed by atoms with Crippen molar-refractivity contribution >= 4 is 40.6 Å². The maximum atomic E-state index is 12.9. The number of rotatable bonds is 5. The topological polar surface area (TPSA) is 71.4 Å². The monoisotopic (exact) mass is 459 g/mol. The summed E-state index contributed by atoms with van der Waals surface area (Å²) in [7, 11) is 0. The molecule has 6 nitrogen and oxygen atoms in total. The number of imide groups is 1. The average Bonchev–Trinajstić information content (AvgIpc) is 3.17. The molecular formula is C26H25N3O3S. The number of nitrogens with zero attached hydrogens (tertiary/aromatic N) is 2. The molecule has 1 aliphatic rings. The first-order valence-electron chi connectivity index (χ1n) is 10.6. The van der Waals surface area contributed by atoms with Gasteiger partial charge < -0.3 is 9.88 Å². The highest BCUT2D eigenvalue weighted by Crippen LogP contribution is 2.33. The van der Waals surface area contributed by atoms with Crippen LogP contribution in [-0.2, 0) is 9.59 Å². The van der Waals surface area contributed by atoms with Gasteiger partial charge in [-0.3, -0.25) is 19.3 Å². The van der Waals surface area contributed by atoms with Crippen molar-refractivity contribution in [3.63, 3.8) is 0 Å². The molecule has 0 atom stereocenters. The lowest BCUT2D eigenvalue weighted by atomic mass is 10.1. The van der Waals surface area contributed by atoms with Crippen LogP contribution in [0.4, 0.5) is 10.5 Å². The average molecular weight is 460 g/mol. The summed E-state index contributed by atoms with van der Waals surface area (Å²) in [5.41, 5.74) is 6.58. The molecule has 0 radical (unpaired) electrons. The molecule has 0 aliphatic carbocycles. The van der Waals surface area contributed by atoms with E-state index < -0.39 is 17.1 Å². The molecule has 0 saturated carbocycles. The Bertz CT molecular complexity index is 1270. The van der Waals surface area contributed by atoms with Crippen molar-refractivity contribution in [1.82, 2.24) is 9.47 Å². The van der Waals surface area contributed by atoms with Crippen molar-refractivity contribution in [1.29, 1.82) is 0 Å². The predicted molar refractivity (Wildman–Crippen MR) is 132 cm³/mol. The van der Waals surface area contributed by atoms with Crippen molar-refractivity contribution in [3.8, 4) is 5.69 Å². The lowest BCUT2D eigenvalue weighted by Gasteiger charge is -2.13. The highest BCUT2D eigenvalue weighted by molar-refractivity contribution is 8.18. The zero-order valence-corrected chi connectivity index (χ0v) is 19.8. The molecule has 1 fully saturated rings. The number of anilines is 1. The van der Waals surface area contributed by atoms with Crippen LogP contribution in [0.15, 0.2) is 59.5 Å². The minimum absolute atomic E-state index is 0.313. The van der Waals surface area contributed by atoms with Gasteiger partial charge >= 0.3 is 0 Å². The largest absolute Gasteiger partial charge is 0.325 e. The number of thioether (sulfide) groups is 1. The summed E-state index contributed by atoms with van der Waals surface area (Å²) in [6.07, 6.45) is 1.73. The Morgan fingerprint density at radius 1 is 0.970 bits per heavy atom. The SMILES string of the molecule is Cc1cc(C)cc(NC(=O)CN2C(=O)S/C(=C/c3cc(C)n(-c4ccccc4)c3C)C2=O)c1. The van der Waals surface area contributed by atoms with Crippen LogP contribution in [0.3, 0.4) is 0 Å². The second-order valence-electron chi connectivity index (χ2n) is 8.19. The molecule has 4 rings (SSSR count). The van der Waals surface area contributed by atoms with Crippen molar-refractivity contribution in [3.05, 3.63) is 87.6 Å². The van der Waals surface area contributed by atoms with Crippen LogP contribution in [0.25, 0.3) is 11.8 Å². The molecule has 33 heavy (non-hydrogen) atoms. The van der Waals surface area contributed by atoms with Gasteiger partial charge in [-0.25, -0.2) is 0 Å². The third-order valence-electron chi connectivity index (χ3n) is 5.45. The van der Waals surface area contributed by atoms with E-state index in [1.54, 1.807) is 6.08 Å². The molecule has 2 aromatic carbocycles. The highest BCUT2D eigenvalue weighted by atomic mass is 32.2. The third kappa shape index (κ3) is 4.78. The number of hydrogen-bond donors (Lipinski definition) is 1. The summed E-state index contributed by atoms with van der Waals surface area (Å²) >= 11 is 0.859. The second kappa shape index (κ2) is 9.11. The molecule has 1 N–H and O–H groups in total. The van der Waals surface area contributed by atoms with Crippen molar-refractivity contribution < 1.29 is 14.4 Å². The quantitative estimate of drug-likeness (QED) is 0.520. The van der Waals surface area contributed by atoms with Crippen LogP contribution in [0.1, 0.15) is 28.1 Å². The Labute approximate surface area is 197 Å². The van der Waals surface area contributed by atoms with Gasteiger partial charge in [-0.2, -0.15) is 0 Å². The number of para-hydroxylation sites is 1. The van der Waals surface area contributed by atoms with Gasteiger partial charge in [0.25, 0.3) is 11.1 Å². The van der Waals surface area contributed by atoms with Crippen LogP contribution < -0.4 is 5.32 Å². The second-order valence-corrected chi connectivity index (χ2v) is 9.18. The van der Waals surface area contributed by atoms with Crippen molar-refractivity contribution in [2.75, 3.05) is 11.9 Å². The van der Waals surface area contributed by atoms with Gasteiger partial charge in [0.15, 0.2) is 0 Å². The summed E-state index contributed by atoms with van der Waals surface area (Å²) in [5, 5.41) is 2.33. The molecule has 168 valence electrons. The van der Waals surface area contributed by atoms with Gasteiger partial charge in [0, 0.05) is 22.8 Å². The molecule has 3 aromatic rings. The van der Waals surface area contributed by atoms with Gasteiger partial charge in [0.05, 0.1) is 4.91 Å². The fraction of sp³-hybridized carbons (Fsp3) is 0.192. The third-order valence-corrected chi connectivity index (χ3v) is 6.36. The number of amides is 3. The fourth-order valence-corrected chi connectivity index (χ4v) is 4.91. The summed E-state index contributed by atoms with van der Waals surface area (Å²) in [5.74, 6) is -0.865. The van der Waals surface area contributed by atoms with Gasteiger partial charge in [0.1, 0.15) is 6.54 Å². The molecule has 0 unspecified atom stereocenters. The molecular weight excluding hydrogens is 434 g/mol. The molecule has 1 aromatic heterocycles. The number of carbonyl (C=O) groups is 3. The van der Waals surface area contributed by atoms with Crippen molar-refractivity contribution in [2.24, 2.45) is 0 Å². The van der Waals surface area contributed by atoms with E-state index in [9.17, 15) is 14.4 Å². The zero-order valence-electron chi connectivity index (χ0n) is 19.0. The van der Waals surface area contributed by atoms with E-state index in [1.807, 2.05) is 82.3 Å². The van der Waals surface area contributed by atoms with Crippen LogP contribution in [0.5, 0.6) is 0 Å². The highest BCUT2D eigenvalue weighted by Gasteiger charge is 2.36. The van der Waals surface area contributed by atoms with Crippen molar-refractivity contribution in [2.45, 2.75) is 27.7 Å².